The molecule has 1 rings (SSSR count). The van der Waals surface area contributed by atoms with Gasteiger partial charge in [0, 0.05) is 6.61 Å². The van der Waals surface area contributed by atoms with Crippen LogP contribution in [0.2, 0.25) is 0 Å². The minimum Gasteiger partial charge on any atom is -0.396 e. The van der Waals surface area contributed by atoms with Crippen molar-refractivity contribution in [3.8, 4) is 0 Å². The maximum absolute atomic E-state index is 9.11. The fourth-order valence-electron chi connectivity index (χ4n) is 3.24. The number of hydrogen-bond acceptors (Lipinski definition) is 2. The second kappa shape index (κ2) is 13.6. The molecule has 0 amide bonds. The fraction of sp³-hybridized carbons (Fsp3) is 1.00. The maximum Gasteiger partial charge on any atom is 0.0812 e. The zero-order valence-corrected chi connectivity index (χ0v) is 14.3. The van der Waals surface area contributed by atoms with Crippen LogP contribution in [0.25, 0.3) is 0 Å². The Balaban J connectivity index is 1.80. The lowest BCUT2D eigenvalue weighted by Crippen LogP contribution is -2.06. The van der Waals surface area contributed by atoms with Crippen molar-refractivity contribution in [2.75, 3.05) is 13.2 Å². The molecule has 21 heavy (non-hydrogen) atoms. The average Bonchev–Trinajstić information content (AvgIpc) is 3.29. The van der Waals surface area contributed by atoms with E-state index >= 15 is 0 Å². The number of ether oxygens (including phenoxy) is 1. The number of rotatable bonds is 16. The molecule has 0 aromatic heterocycles. The minimum absolute atomic E-state index is 0.343. The Morgan fingerprint density at radius 2 is 1.38 bits per heavy atom. The molecule has 0 radical (unpaired) electrons. The van der Waals surface area contributed by atoms with Gasteiger partial charge in [0.15, 0.2) is 0 Å². The van der Waals surface area contributed by atoms with Gasteiger partial charge in [-0.2, -0.15) is 0 Å². The molecule has 1 aliphatic rings. The summed E-state index contributed by atoms with van der Waals surface area (Å²) in [7, 11) is 0. The lowest BCUT2D eigenvalue weighted by atomic mass is 9.93. The monoisotopic (exact) mass is 298 g/mol. The normalized spacial score (nSPS) is 18.9. The standard InChI is InChI=1S/C19H38O2/c1-2-3-4-5-6-7-8-9-10-11-12-13-18(14-15-20)16-19-17-21-19/h18-20H,2-17H2,1H3. The minimum atomic E-state index is 0.343. The number of aliphatic hydroxyl groups is 1. The van der Waals surface area contributed by atoms with Gasteiger partial charge in [0.05, 0.1) is 12.7 Å². The summed E-state index contributed by atoms with van der Waals surface area (Å²) in [6.45, 7) is 3.58. The van der Waals surface area contributed by atoms with E-state index in [1.165, 1.54) is 83.5 Å². The van der Waals surface area contributed by atoms with Crippen LogP contribution in [0, 0.1) is 5.92 Å². The molecule has 0 spiro atoms. The van der Waals surface area contributed by atoms with E-state index < -0.39 is 0 Å². The summed E-state index contributed by atoms with van der Waals surface area (Å²) < 4.78 is 5.31. The Bertz CT molecular complexity index is 214. The molecule has 1 N–H and O–H groups in total. The summed E-state index contributed by atoms with van der Waals surface area (Å²) in [5.74, 6) is 0.695. The van der Waals surface area contributed by atoms with E-state index in [-0.39, 0.29) is 0 Å². The predicted molar refractivity (Wildman–Crippen MR) is 90.6 cm³/mol. The van der Waals surface area contributed by atoms with Crippen LogP contribution in [0.1, 0.15) is 96.8 Å². The third-order valence-electron chi connectivity index (χ3n) is 4.75. The van der Waals surface area contributed by atoms with Gasteiger partial charge in [0.25, 0.3) is 0 Å². The van der Waals surface area contributed by atoms with Crippen molar-refractivity contribution in [3.05, 3.63) is 0 Å². The van der Waals surface area contributed by atoms with E-state index in [2.05, 4.69) is 6.92 Å². The molecule has 2 heteroatoms. The summed E-state index contributed by atoms with van der Waals surface area (Å²) in [6.07, 6.45) is 19.5. The average molecular weight is 299 g/mol. The molecule has 0 aromatic rings. The van der Waals surface area contributed by atoms with Gasteiger partial charge in [0.1, 0.15) is 0 Å². The van der Waals surface area contributed by atoms with E-state index in [9.17, 15) is 0 Å². The van der Waals surface area contributed by atoms with E-state index in [4.69, 9.17) is 9.84 Å². The van der Waals surface area contributed by atoms with Gasteiger partial charge in [0.2, 0.25) is 0 Å². The lowest BCUT2D eigenvalue weighted by Gasteiger charge is -2.14. The van der Waals surface area contributed by atoms with Crippen molar-refractivity contribution in [1.82, 2.24) is 0 Å². The summed E-state index contributed by atoms with van der Waals surface area (Å²) >= 11 is 0. The summed E-state index contributed by atoms with van der Waals surface area (Å²) in [6, 6.07) is 0. The lowest BCUT2D eigenvalue weighted by molar-refractivity contribution is 0.233. The van der Waals surface area contributed by atoms with Crippen molar-refractivity contribution in [2.24, 2.45) is 5.92 Å². The third-order valence-corrected chi connectivity index (χ3v) is 4.75. The first-order valence-corrected chi connectivity index (χ1v) is 9.59. The molecule has 1 aliphatic heterocycles. The van der Waals surface area contributed by atoms with E-state index in [1.54, 1.807) is 0 Å². The molecule has 1 fully saturated rings. The Labute approximate surface area is 132 Å². The molecule has 0 aromatic carbocycles. The highest BCUT2D eigenvalue weighted by molar-refractivity contribution is 4.74. The highest BCUT2D eigenvalue weighted by atomic mass is 16.6. The molecular formula is C19H38O2. The largest absolute Gasteiger partial charge is 0.396 e. The molecule has 0 saturated carbocycles. The Kier molecular flexibility index (Phi) is 12.3. The van der Waals surface area contributed by atoms with Gasteiger partial charge in [-0.15, -0.1) is 0 Å². The van der Waals surface area contributed by atoms with Crippen LogP contribution in [0.15, 0.2) is 0 Å². The molecule has 0 bridgehead atoms. The van der Waals surface area contributed by atoms with Crippen LogP contribution < -0.4 is 0 Å². The van der Waals surface area contributed by atoms with Gasteiger partial charge >= 0.3 is 0 Å². The fourth-order valence-corrected chi connectivity index (χ4v) is 3.24. The predicted octanol–water partition coefficient (Wildman–Crippen LogP) is 5.48. The van der Waals surface area contributed by atoms with E-state index in [0.717, 1.165) is 13.0 Å². The summed E-state index contributed by atoms with van der Waals surface area (Å²) in [5.41, 5.74) is 0. The third kappa shape index (κ3) is 12.2. The SMILES string of the molecule is CCCCCCCCCCCCCC(CCO)CC1CO1. The second-order valence-corrected chi connectivity index (χ2v) is 6.89. The van der Waals surface area contributed by atoms with Crippen molar-refractivity contribution in [2.45, 2.75) is 103 Å². The van der Waals surface area contributed by atoms with Crippen LogP contribution in [0.3, 0.4) is 0 Å². The highest BCUT2D eigenvalue weighted by Gasteiger charge is 2.25. The number of aliphatic hydroxyl groups excluding tert-OH is 1. The highest BCUT2D eigenvalue weighted by Crippen LogP contribution is 2.26. The maximum atomic E-state index is 9.11. The van der Waals surface area contributed by atoms with Crippen molar-refractivity contribution >= 4 is 0 Å². The molecule has 2 unspecified atom stereocenters. The van der Waals surface area contributed by atoms with Crippen LogP contribution in [0.4, 0.5) is 0 Å². The molecule has 2 nitrogen and oxygen atoms in total. The first-order chi connectivity index (χ1) is 10.4. The van der Waals surface area contributed by atoms with Gasteiger partial charge in [-0.1, -0.05) is 84.0 Å². The van der Waals surface area contributed by atoms with Crippen LogP contribution in [0.5, 0.6) is 0 Å². The molecule has 1 saturated heterocycles. The van der Waals surface area contributed by atoms with Crippen molar-refractivity contribution in [1.29, 1.82) is 0 Å². The van der Waals surface area contributed by atoms with Gasteiger partial charge < -0.3 is 9.84 Å². The second-order valence-electron chi connectivity index (χ2n) is 6.89. The van der Waals surface area contributed by atoms with E-state index in [0.29, 0.717) is 18.6 Å². The van der Waals surface area contributed by atoms with Crippen LogP contribution >= 0.6 is 0 Å². The smallest absolute Gasteiger partial charge is 0.0812 e. The number of epoxide rings is 1. The molecule has 0 aliphatic carbocycles. The van der Waals surface area contributed by atoms with E-state index in [1.807, 2.05) is 0 Å². The van der Waals surface area contributed by atoms with Gasteiger partial charge in [-0.05, 0) is 18.8 Å². The Hall–Kier alpha value is -0.0800. The molecule has 1 heterocycles. The molecule has 126 valence electrons. The molecule has 2 atom stereocenters. The van der Waals surface area contributed by atoms with Crippen LogP contribution in [-0.2, 0) is 4.74 Å². The van der Waals surface area contributed by atoms with Crippen LogP contribution in [-0.4, -0.2) is 24.4 Å². The first-order valence-electron chi connectivity index (χ1n) is 9.59. The molecular weight excluding hydrogens is 260 g/mol. The Morgan fingerprint density at radius 1 is 0.857 bits per heavy atom. The summed E-state index contributed by atoms with van der Waals surface area (Å²) in [4.78, 5) is 0. The van der Waals surface area contributed by atoms with Crippen molar-refractivity contribution in [3.63, 3.8) is 0 Å². The first kappa shape index (κ1) is 19.0. The van der Waals surface area contributed by atoms with Gasteiger partial charge in [-0.25, -0.2) is 0 Å². The zero-order valence-electron chi connectivity index (χ0n) is 14.3. The zero-order chi connectivity index (χ0) is 15.2. The Morgan fingerprint density at radius 3 is 1.86 bits per heavy atom. The van der Waals surface area contributed by atoms with Crippen molar-refractivity contribution < 1.29 is 9.84 Å². The number of hydrogen-bond donors (Lipinski definition) is 1. The number of unbranched alkanes of at least 4 members (excludes halogenated alkanes) is 10. The quantitative estimate of drug-likeness (QED) is 0.302. The van der Waals surface area contributed by atoms with Gasteiger partial charge in [-0.3, -0.25) is 0 Å². The topological polar surface area (TPSA) is 32.8 Å². The summed E-state index contributed by atoms with van der Waals surface area (Å²) in [5, 5.41) is 9.11.